The predicted octanol–water partition coefficient (Wildman–Crippen LogP) is 3.14. The van der Waals surface area contributed by atoms with Crippen molar-refractivity contribution in [3.63, 3.8) is 0 Å². The molecule has 0 amide bonds. The third-order valence-electron chi connectivity index (χ3n) is 4.05. The molecule has 19 heavy (non-hydrogen) atoms. The van der Waals surface area contributed by atoms with Gasteiger partial charge in [0, 0.05) is 17.5 Å². The number of nitrogens with two attached hydrogens (primary N) is 1. The number of hydrogen-bond acceptors (Lipinski definition) is 2. The molecule has 1 heterocycles. The third-order valence-corrected chi connectivity index (χ3v) is 4.05. The van der Waals surface area contributed by atoms with Gasteiger partial charge in [0.05, 0.1) is 0 Å². The fraction of sp³-hybridized carbons (Fsp3) is 0.600. The molecule has 106 valence electrons. The number of benzene rings is 1. The molecule has 1 saturated heterocycles. The van der Waals surface area contributed by atoms with Crippen LogP contribution in [0, 0.1) is 5.92 Å². The predicted molar refractivity (Wildman–Crippen MR) is 73.2 cm³/mol. The summed E-state index contributed by atoms with van der Waals surface area (Å²) in [5.74, 6) is -3.29. The monoisotopic (exact) mass is 268 g/mol. The Morgan fingerprint density at radius 3 is 2.21 bits per heavy atom. The van der Waals surface area contributed by atoms with Crippen molar-refractivity contribution in [1.82, 2.24) is 4.90 Å². The molecule has 1 aliphatic heterocycles. The van der Waals surface area contributed by atoms with Gasteiger partial charge >= 0.3 is 0 Å². The van der Waals surface area contributed by atoms with Crippen LogP contribution in [0.1, 0.15) is 36.9 Å². The van der Waals surface area contributed by atoms with E-state index in [-0.39, 0.29) is 11.6 Å². The maximum absolute atomic E-state index is 14.5. The van der Waals surface area contributed by atoms with Crippen LogP contribution in [-0.4, -0.2) is 25.0 Å². The Labute approximate surface area is 113 Å². The van der Waals surface area contributed by atoms with Crippen molar-refractivity contribution in [2.45, 2.75) is 31.7 Å². The van der Waals surface area contributed by atoms with E-state index in [1.807, 2.05) is 14.0 Å². The average molecular weight is 268 g/mol. The summed E-state index contributed by atoms with van der Waals surface area (Å²) < 4.78 is 28.9. The molecule has 0 saturated carbocycles. The first-order valence-electron chi connectivity index (χ1n) is 6.83. The summed E-state index contributed by atoms with van der Waals surface area (Å²) in [6, 6.07) is 6.35. The molecular formula is C15H22F2N2. The highest BCUT2D eigenvalue weighted by atomic mass is 19.3. The zero-order valence-corrected chi connectivity index (χ0v) is 11.6. The molecule has 0 aromatic heterocycles. The summed E-state index contributed by atoms with van der Waals surface area (Å²) in [7, 11) is 1.98. The van der Waals surface area contributed by atoms with Gasteiger partial charge in [0.1, 0.15) is 0 Å². The molecule has 0 spiro atoms. The first-order chi connectivity index (χ1) is 8.91. The summed E-state index contributed by atoms with van der Waals surface area (Å²) in [4.78, 5) is 2.10. The van der Waals surface area contributed by atoms with E-state index in [1.165, 1.54) is 12.1 Å². The van der Waals surface area contributed by atoms with E-state index in [0.29, 0.717) is 12.8 Å². The Kier molecular flexibility index (Phi) is 4.21. The lowest BCUT2D eigenvalue weighted by Gasteiger charge is -2.34. The lowest BCUT2D eigenvalue weighted by atomic mass is 9.86. The highest BCUT2D eigenvalue weighted by Gasteiger charge is 2.42. The molecule has 1 unspecified atom stereocenters. The van der Waals surface area contributed by atoms with Crippen LogP contribution < -0.4 is 5.73 Å². The van der Waals surface area contributed by atoms with E-state index < -0.39 is 11.8 Å². The average Bonchev–Trinajstić information content (AvgIpc) is 2.39. The molecule has 2 nitrogen and oxygen atoms in total. The van der Waals surface area contributed by atoms with Gasteiger partial charge in [0.25, 0.3) is 5.92 Å². The Hall–Kier alpha value is -1.00. The van der Waals surface area contributed by atoms with Crippen LogP contribution in [0.15, 0.2) is 24.3 Å². The molecule has 4 heteroatoms. The van der Waals surface area contributed by atoms with Gasteiger partial charge in [-0.2, -0.15) is 0 Å². The van der Waals surface area contributed by atoms with Gasteiger partial charge in [-0.15, -0.1) is 0 Å². The highest BCUT2D eigenvalue weighted by molar-refractivity contribution is 5.28. The Bertz CT molecular complexity index is 407. The van der Waals surface area contributed by atoms with Crippen molar-refractivity contribution >= 4 is 0 Å². The second kappa shape index (κ2) is 5.55. The number of rotatable bonds is 3. The van der Waals surface area contributed by atoms with Crippen LogP contribution in [0.4, 0.5) is 8.78 Å². The molecule has 2 N–H and O–H groups in total. The summed E-state index contributed by atoms with van der Waals surface area (Å²) in [6.45, 7) is 3.35. The maximum atomic E-state index is 14.5. The van der Waals surface area contributed by atoms with E-state index >= 15 is 0 Å². The smallest absolute Gasteiger partial charge is 0.276 e. The van der Waals surface area contributed by atoms with Crippen LogP contribution >= 0.6 is 0 Å². The van der Waals surface area contributed by atoms with Gasteiger partial charge in [-0.3, -0.25) is 0 Å². The SMILES string of the molecule is CC(N)c1ccc(C(F)(F)C2CCN(C)CC2)cc1. The molecule has 0 aliphatic carbocycles. The summed E-state index contributed by atoms with van der Waals surface area (Å²) in [5.41, 5.74) is 6.75. The number of nitrogens with zero attached hydrogens (tertiary/aromatic N) is 1. The standard InChI is InChI=1S/C15H22F2N2/c1-11(18)12-3-5-13(6-4-12)15(16,17)14-7-9-19(2)10-8-14/h3-6,11,14H,7-10,18H2,1-2H3. The summed E-state index contributed by atoms with van der Waals surface area (Å²) in [5, 5.41) is 0. The minimum absolute atomic E-state index is 0.117. The van der Waals surface area contributed by atoms with Crippen LogP contribution in [0.5, 0.6) is 0 Å². The Morgan fingerprint density at radius 1 is 1.21 bits per heavy atom. The largest absolute Gasteiger partial charge is 0.324 e. The molecule has 1 aliphatic rings. The van der Waals surface area contributed by atoms with Crippen LogP contribution in [0.25, 0.3) is 0 Å². The lowest BCUT2D eigenvalue weighted by molar-refractivity contribution is -0.0837. The number of hydrogen-bond donors (Lipinski definition) is 1. The topological polar surface area (TPSA) is 29.3 Å². The molecule has 1 aromatic carbocycles. The van der Waals surface area contributed by atoms with Crippen LogP contribution in [0.2, 0.25) is 0 Å². The number of likely N-dealkylation sites (tertiary alicyclic amines) is 1. The van der Waals surface area contributed by atoms with Crippen LogP contribution in [0.3, 0.4) is 0 Å². The first-order valence-corrected chi connectivity index (χ1v) is 6.83. The van der Waals surface area contributed by atoms with Crippen LogP contribution in [-0.2, 0) is 5.92 Å². The van der Waals surface area contributed by atoms with Crippen molar-refractivity contribution in [3.05, 3.63) is 35.4 Å². The van der Waals surface area contributed by atoms with E-state index in [4.69, 9.17) is 5.73 Å². The molecule has 1 atom stereocenters. The Balaban J connectivity index is 2.14. The van der Waals surface area contributed by atoms with Gasteiger partial charge < -0.3 is 10.6 Å². The molecule has 1 aromatic rings. The maximum Gasteiger partial charge on any atom is 0.276 e. The summed E-state index contributed by atoms with van der Waals surface area (Å²) >= 11 is 0. The zero-order chi connectivity index (χ0) is 14.0. The van der Waals surface area contributed by atoms with E-state index in [0.717, 1.165) is 18.7 Å². The van der Waals surface area contributed by atoms with Crippen molar-refractivity contribution in [1.29, 1.82) is 0 Å². The molecule has 2 rings (SSSR count). The fourth-order valence-electron chi connectivity index (χ4n) is 2.62. The normalized spacial score (nSPS) is 20.5. The molecule has 1 fully saturated rings. The number of halogens is 2. The second-order valence-corrected chi connectivity index (χ2v) is 5.61. The molecule has 0 bridgehead atoms. The van der Waals surface area contributed by atoms with Crippen molar-refractivity contribution < 1.29 is 8.78 Å². The quantitative estimate of drug-likeness (QED) is 0.912. The van der Waals surface area contributed by atoms with Crippen molar-refractivity contribution in [2.24, 2.45) is 11.7 Å². The van der Waals surface area contributed by atoms with Gasteiger partial charge in [-0.05, 0) is 45.5 Å². The van der Waals surface area contributed by atoms with Gasteiger partial charge in [0.15, 0.2) is 0 Å². The van der Waals surface area contributed by atoms with Crippen molar-refractivity contribution in [2.75, 3.05) is 20.1 Å². The summed E-state index contributed by atoms with van der Waals surface area (Å²) in [6.07, 6.45) is 1.11. The lowest BCUT2D eigenvalue weighted by Crippen LogP contribution is -2.37. The van der Waals surface area contributed by atoms with Gasteiger partial charge in [0.2, 0.25) is 0 Å². The molecule has 0 radical (unpaired) electrons. The number of alkyl halides is 2. The minimum atomic E-state index is -2.74. The highest BCUT2D eigenvalue weighted by Crippen LogP contribution is 2.41. The first kappa shape index (κ1) is 14.4. The zero-order valence-electron chi connectivity index (χ0n) is 11.6. The van der Waals surface area contributed by atoms with E-state index in [1.54, 1.807) is 12.1 Å². The van der Waals surface area contributed by atoms with E-state index in [9.17, 15) is 8.78 Å². The fourth-order valence-corrected chi connectivity index (χ4v) is 2.62. The number of piperidine rings is 1. The second-order valence-electron chi connectivity index (χ2n) is 5.61. The van der Waals surface area contributed by atoms with Gasteiger partial charge in [-0.25, -0.2) is 8.78 Å². The minimum Gasteiger partial charge on any atom is -0.324 e. The van der Waals surface area contributed by atoms with Crippen molar-refractivity contribution in [3.8, 4) is 0 Å². The van der Waals surface area contributed by atoms with Gasteiger partial charge in [-0.1, -0.05) is 24.3 Å². The third kappa shape index (κ3) is 3.12. The molecular weight excluding hydrogens is 246 g/mol. The Morgan fingerprint density at radius 2 is 1.74 bits per heavy atom. The van der Waals surface area contributed by atoms with E-state index in [2.05, 4.69) is 4.90 Å².